The van der Waals surface area contributed by atoms with Crippen molar-refractivity contribution in [3.05, 3.63) is 88.2 Å². The molecule has 4 rings (SSSR count). The monoisotopic (exact) mass is 448 g/mol. The van der Waals surface area contributed by atoms with Crippen LogP contribution in [0.1, 0.15) is 39.5 Å². The van der Waals surface area contributed by atoms with Gasteiger partial charge in [-0.05, 0) is 47.7 Å². The maximum absolute atomic E-state index is 10.5. The van der Waals surface area contributed by atoms with Crippen LogP contribution in [0, 0.1) is 18.8 Å². The fourth-order valence-corrected chi connectivity index (χ4v) is 3.99. The van der Waals surface area contributed by atoms with Crippen molar-refractivity contribution in [3.8, 4) is 11.8 Å². The molecule has 7 heteroatoms. The number of aromatic nitrogens is 2. The zero-order chi connectivity index (χ0) is 23.5. The molecule has 3 aromatic rings. The van der Waals surface area contributed by atoms with Gasteiger partial charge in [-0.3, -0.25) is 4.68 Å². The van der Waals surface area contributed by atoms with E-state index < -0.39 is 37.1 Å². The van der Waals surface area contributed by atoms with Crippen LogP contribution in [0.2, 0.25) is 0 Å². The molecule has 0 amide bonds. The molecular formula is C26H28N2O5. The molecule has 0 saturated carbocycles. The first kappa shape index (κ1) is 23.2. The van der Waals surface area contributed by atoms with E-state index in [1.165, 1.54) is 0 Å². The number of benzene rings is 2. The minimum absolute atomic E-state index is 0.448. The Kier molecular flexibility index (Phi) is 6.94. The molecule has 0 spiro atoms. The largest absolute Gasteiger partial charge is 0.394 e. The van der Waals surface area contributed by atoms with Gasteiger partial charge in [0.05, 0.1) is 18.4 Å². The number of nitrogens with zero attached hydrogens (tertiary/aromatic N) is 2. The van der Waals surface area contributed by atoms with Crippen LogP contribution in [0.15, 0.2) is 54.9 Å². The second-order valence-corrected chi connectivity index (χ2v) is 8.46. The molecule has 172 valence electrons. The third-order valence-corrected chi connectivity index (χ3v) is 6.00. The minimum Gasteiger partial charge on any atom is -0.394 e. The van der Waals surface area contributed by atoms with Gasteiger partial charge in [-0.1, -0.05) is 42.2 Å². The summed E-state index contributed by atoms with van der Waals surface area (Å²) in [4.78, 5) is 0. The third-order valence-electron chi connectivity index (χ3n) is 6.00. The predicted molar refractivity (Wildman–Crippen MR) is 122 cm³/mol. The van der Waals surface area contributed by atoms with Crippen LogP contribution < -0.4 is 0 Å². The van der Waals surface area contributed by atoms with Gasteiger partial charge in [0.1, 0.15) is 30.5 Å². The van der Waals surface area contributed by atoms with Crippen molar-refractivity contribution in [2.45, 2.75) is 43.9 Å². The fourth-order valence-electron chi connectivity index (χ4n) is 3.99. The quantitative estimate of drug-likeness (QED) is 0.447. The van der Waals surface area contributed by atoms with Crippen LogP contribution in [0.4, 0.5) is 0 Å². The van der Waals surface area contributed by atoms with E-state index in [2.05, 4.69) is 16.9 Å². The summed E-state index contributed by atoms with van der Waals surface area (Å²) in [5.74, 6) is 6.23. The highest BCUT2D eigenvalue weighted by Crippen LogP contribution is 2.33. The Bertz CT molecular complexity index is 1160. The van der Waals surface area contributed by atoms with Crippen molar-refractivity contribution in [3.63, 3.8) is 0 Å². The summed E-state index contributed by atoms with van der Waals surface area (Å²) in [5.41, 5.74) is 5.71. The van der Waals surface area contributed by atoms with E-state index in [-0.39, 0.29) is 0 Å². The molecule has 1 aliphatic rings. The lowest BCUT2D eigenvalue weighted by molar-refractivity contribution is -0.231. The van der Waals surface area contributed by atoms with Gasteiger partial charge in [0.15, 0.2) is 0 Å². The summed E-state index contributed by atoms with van der Waals surface area (Å²) >= 11 is 0. The Labute approximate surface area is 192 Å². The summed E-state index contributed by atoms with van der Waals surface area (Å²) in [7, 11) is 1.86. The van der Waals surface area contributed by atoms with E-state index >= 15 is 0 Å². The van der Waals surface area contributed by atoms with E-state index in [0.717, 1.165) is 27.8 Å². The van der Waals surface area contributed by atoms with Gasteiger partial charge in [-0.2, -0.15) is 5.10 Å². The lowest BCUT2D eigenvalue weighted by Crippen LogP contribution is -2.55. The molecular weight excluding hydrogens is 420 g/mol. The topological polar surface area (TPSA) is 108 Å². The maximum atomic E-state index is 10.5. The Hall–Kier alpha value is -2.99. The standard InChI is InChI=1S/C26H28N2O5/c1-16-3-10-20(26-25(32)24(31)23(30)22(15-29)33-26)12-21(16)11-18-7-4-17(5-8-18)6-9-19-13-27-28(2)14-19/h3-5,7-8,10,12-14,22-26,29-32H,11,15H2,1-2H3/t22-,23-,24+,25-,26+/m1/s1. The fraction of sp³-hybridized carbons (Fsp3) is 0.346. The second-order valence-electron chi connectivity index (χ2n) is 8.46. The molecule has 1 fully saturated rings. The molecule has 2 aromatic carbocycles. The van der Waals surface area contributed by atoms with Crippen LogP contribution in [-0.2, 0) is 18.2 Å². The van der Waals surface area contributed by atoms with E-state index in [9.17, 15) is 20.4 Å². The molecule has 0 aliphatic carbocycles. The van der Waals surface area contributed by atoms with Gasteiger partial charge < -0.3 is 25.2 Å². The maximum Gasteiger partial charge on any atom is 0.113 e. The molecule has 0 unspecified atom stereocenters. The third kappa shape index (κ3) is 5.17. The summed E-state index contributed by atoms with van der Waals surface area (Å²) < 4.78 is 7.43. The molecule has 33 heavy (non-hydrogen) atoms. The van der Waals surface area contributed by atoms with Gasteiger partial charge >= 0.3 is 0 Å². The van der Waals surface area contributed by atoms with E-state index in [1.54, 1.807) is 10.9 Å². The van der Waals surface area contributed by atoms with Gasteiger partial charge in [0.2, 0.25) is 0 Å². The van der Waals surface area contributed by atoms with Gasteiger partial charge in [-0.15, -0.1) is 0 Å². The van der Waals surface area contributed by atoms with Crippen molar-refractivity contribution in [2.24, 2.45) is 7.05 Å². The summed E-state index contributed by atoms with van der Waals surface area (Å²) in [6, 6.07) is 13.8. The predicted octanol–water partition coefficient (Wildman–Crippen LogP) is 1.23. The number of aryl methyl sites for hydroxylation is 2. The lowest BCUT2D eigenvalue weighted by Gasteiger charge is -2.40. The lowest BCUT2D eigenvalue weighted by atomic mass is 9.89. The molecule has 5 atom stereocenters. The molecule has 2 heterocycles. The highest BCUT2D eigenvalue weighted by atomic mass is 16.5. The van der Waals surface area contributed by atoms with Crippen LogP contribution in [0.5, 0.6) is 0 Å². The van der Waals surface area contributed by atoms with Crippen molar-refractivity contribution < 1.29 is 25.2 Å². The molecule has 1 aromatic heterocycles. The number of aliphatic hydroxyl groups excluding tert-OH is 4. The highest BCUT2D eigenvalue weighted by molar-refractivity contribution is 5.43. The Morgan fingerprint density at radius 2 is 1.70 bits per heavy atom. The van der Waals surface area contributed by atoms with E-state index in [0.29, 0.717) is 12.0 Å². The van der Waals surface area contributed by atoms with Gasteiger partial charge in [0.25, 0.3) is 0 Å². The minimum atomic E-state index is -1.40. The molecule has 1 aliphatic heterocycles. The zero-order valence-electron chi connectivity index (χ0n) is 18.6. The number of rotatable bonds is 4. The van der Waals surface area contributed by atoms with Gasteiger partial charge in [-0.25, -0.2) is 0 Å². The number of hydrogen-bond acceptors (Lipinski definition) is 6. The first-order valence-corrected chi connectivity index (χ1v) is 10.8. The summed E-state index contributed by atoms with van der Waals surface area (Å²) in [6.45, 7) is 1.57. The zero-order valence-corrected chi connectivity index (χ0v) is 18.6. The molecule has 7 nitrogen and oxygen atoms in total. The number of aliphatic hydroxyl groups is 4. The average Bonchev–Trinajstić information content (AvgIpc) is 3.24. The number of hydrogen-bond donors (Lipinski definition) is 4. The van der Waals surface area contributed by atoms with E-state index in [1.807, 2.05) is 62.6 Å². The Morgan fingerprint density at radius 1 is 0.970 bits per heavy atom. The van der Waals surface area contributed by atoms with Crippen molar-refractivity contribution in [1.29, 1.82) is 0 Å². The van der Waals surface area contributed by atoms with Crippen LogP contribution in [0.3, 0.4) is 0 Å². The average molecular weight is 449 g/mol. The van der Waals surface area contributed by atoms with Crippen molar-refractivity contribution >= 4 is 0 Å². The van der Waals surface area contributed by atoms with Crippen molar-refractivity contribution in [1.82, 2.24) is 9.78 Å². The molecule has 0 radical (unpaired) electrons. The first-order chi connectivity index (χ1) is 15.9. The Morgan fingerprint density at radius 3 is 2.36 bits per heavy atom. The van der Waals surface area contributed by atoms with Crippen LogP contribution in [-0.4, -0.2) is 61.2 Å². The molecule has 4 N–H and O–H groups in total. The number of ether oxygens (including phenoxy) is 1. The van der Waals surface area contributed by atoms with Crippen LogP contribution >= 0.6 is 0 Å². The normalized spacial score (nSPS) is 24.8. The first-order valence-electron chi connectivity index (χ1n) is 10.8. The van der Waals surface area contributed by atoms with Crippen molar-refractivity contribution in [2.75, 3.05) is 6.61 Å². The second kappa shape index (κ2) is 9.87. The van der Waals surface area contributed by atoms with Gasteiger partial charge in [0, 0.05) is 18.8 Å². The Balaban J connectivity index is 1.51. The molecule has 0 bridgehead atoms. The summed E-state index contributed by atoms with van der Waals surface area (Å²) in [5, 5.41) is 44.2. The molecule has 1 saturated heterocycles. The smallest absolute Gasteiger partial charge is 0.113 e. The van der Waals surface area contributed by atoms with Crippen LogP contribution in [0.25, 0.3) is 0 Å². The SMILES string of the molecule is Cc1ccc([C@@H]2O[C@H](CO)[C@@H](O)[C@H](O)[C@H]2O)cc1Cc1ccc(C#Cc2cnn(C)c2)cc1. The summed E-state index contributed by atoms with van der Waals surface area (Å²) in [6.07, 6.45) is -1.57. The highest BCUT2D eigenvalue weighted by Gasteiger charge is 2.43. The van der Waals surface area contributed by atoms with E-state index in [4.69, 9.17) is 4.74 Å².